The second-order valence-corrected chi connectivity index (χ2v) is 10.6. The molecule has 0 aromatic heterocycles. The average Bonchev–Trinajstić information content (AvgIpc) is 3.04. The number of fused-ring (bicyclic) bond motifs is 2. The van der Waals surface area contributed by atoms with Gasteiger partial charge in [-0.05, 0) is 74.5 Å². The van der Waals surface area contributed by atoms with Gasteiger partial charge in [0.15, 0.2) is 0 Å². The zero-order valence-electron chi connectivity index (χ0n) is 16.7. The van der Waals surface area contributed by atoms with E-state index in [1.54, 1.807) is 0 Å². The predicted octanol–water partition coefficient (Wildman–Crippen LogP) is 5.84. The van der Waals surface area contributed by atoms with Gasteiger partial charge in [-0.25, -0.2) is 0 Å². The van der Waals surface area contributed by atoms with Gasteiger partial charge in [-0.3, -0.25) is 4.79 Å². The lowest BCUT2D eigenvalue weighted by molar-refractivity contribution is -0.171. The highest BCUT2D eigenvalue weighted by Crippen LogP contribution is 2.60. The lowest BCUT2D eigenvalue weighted by Crippen LogP contribution is -2.42. The van der Waals surface area contributed by atoms with Gasteiger partial charge in [0.25, 0.3) is 0 Å². The molecule has 2 nitrogen and oxygen atoms in total. The van der Waals surface area contributed by atoms with Crippen molar-refractivity contribution < 1.29 is 9.53 Å². The van der Waals surface area contributed by atoms with E-state index < -0.39 is 0 Å². The van der Waals surface area contributed by atoms with Gasteiger partial charge in [-0.2, -0.15) is 0 Å². The second kappa shape index (κ2) is 6.32. The van der Waals surface area contributed by atoms with Crippen LogP contribution in [0.5, 0.6) is 0 Å². The van der Waals surface area contributed by atoms with E-state index in [9.17, 15) is 4.79 Å². The first-order valence-electron chi connectivity index (χ1n) is 10.3. The third-order valence-corrected chi connectivity index (χ3v) is 7.65. The molecule has 3 fully saturated rings. The summed E-state index contributed by atoms with van der Waals surface area (Å²) < 4.78 is 6.14. The zero-order valence-corrected chi connectivity index (χ0v) is 16.7. The quantitative estimate of drug-likeness (QED) is 0.606. The SMILES string of the molecule is CC1C2CC(CC2C(=O)OC(C)(C)C2CCCCC2)C1C(C)(C)C. The largest absolute Gasteiger partial charge is 0.459 e. The van der Waals surface area contributed by atoms with Gasteiger partial charge >= 0.3 is 5.97 Å². The predicted molar refractivity (Wildman–Crippen MR) is 98.6 cm³/mol. The lowest BCUT2D eigenvalue weighted by atomic mass is 9.64. The molecule has 3 aliphatic carbocycles. The highest BCUT2D eigenvalue weighted by molar-refractivity contribution is 5.74. The topological polar surface area (TPSA) is 26.3 Å². The molecule has 3 saturated carbocycles. The Hall–Kier alpha value is -0.530. The second-order valence-electron chi connectivity index (χ2n) is 10.6. The van der Waals surface area contributed by atoms with E-state index in [-0.39, 0.29) is 17.5 Å². The third kappa shape index (κ3) is 3.27. The van der Waals surface area contributed by atoms with Crippen LogP contribution in [0.1, 0.15) is 86.5 Å². The van der Waals surface area contributed by atoms with E-state index in [0.717, 1.165) is 18.3 Å². The molecule has 0 heterocycles. The fourth-order valence-corrected chi connectivity index (χ4v) is 6.66. The van der Waals surface area contributed by atoms with Gasteiger partial charge < -0.3 is 4.74 Å². The van der Waals surface area contributed by atoms with Crippen molar-refractivity contribution in [3.8, 4) is 0 Å². The summed E-state index contributed by atoms with van der Waals surface area (Å²) >= 11 is 0. The van der Waals surface area contributed by atoms with Crippen molar-refractivity contribution in [2.75, 3.05) is 0 Å². The fraction of sp³-hybridized carbons (Fsp3) is 0.955. The zero-order chi connectivity index (χ0) is 17.7. The number of carbonyl (C=O) groups excluding carboxylic acids is 1. The Morgan fingerprint density at radius 3 is 2.12 bits per heavy atom. The molecule has 3 aliphatic rings. The number of esters is 1. The summed E-state index contributed by atoms with van der Waals surface area (Å²) in [4.78, 5) is 13.0. The van der Waals surface area contributed by atoms with Crippen LogP contribution in [0.4, 0.5) is 0 Å². The molecule has 5 atom stereocenters. The van der Waals surface area contributed by atoms with Crippen molar-refractivity contribution in [2.45, 2.75) is 92.1 Å². The summed E-state index contributed by atoms with van der Waals surface area (Å²) in [5.74, 6) is 3.50. The van der Waals surface area contributed by atoms with E-state index in [2.05, 4.69) is 41.5 Å². The Kier molecular flexibility index (Phi) is 4.81. The maximum Gasteiger partial charge on any atom is 0.309 e. The minimum Gasteiger partial charge on any atom is -0.459 e. The van der Waals surface area contributed by atoms with Crippen LogP contribution >= 0.6 is 0 Å². The van der Waals surface area contributed by atoms with E-state index in [4.69, 9.17) is 4.74 Å². The highest BCUT2D eigenvalue weighted by Gasteiger charge is 2.56. The molecule has 5 unspecified atom stereocenters. The van der Waals surface area contributed by atoms with Gasteiger partial charge in [-0.1, -0.05) is 47.0 Å². The van der Waals surface area contributed by atoms with Crippen LogP contribution in [0.15, 0.2) is 0 Å². The molecule has 24 heavy (non-hydrogen) atoms. The molecule has 3 rings (SSSR count). The summed E-state index contributed by atoms with van der Waals surface area (Å²) in [5.41, 5.74) is 0.0705. The summed E-state index contributed by atoms with van der Waals surface area (Å²) in [7, 11) is 0. The van der Waals surface area contributed by atoms with Crippen LogP contribution in [0.3, 0.4) is 0 Å². The van der Waals surface area contributed by atoms with Crippen LogP contribution in [-0.4, -0.2) is 11.6 Å². The Morgan fingerprint density at radius 2 is 1.58 bits per heavy atom. The van der Waals surface area contributed by atoms with Gasteiger partial charge in [0.2, 0.25) is 0 Å². The Labute approximate surface area is 149 Å². The summed E-state index contributed by atoms with van der Waals surface area (Å²) in [6.45, 7) is 13.8. The van der Waals surface area contributed by atoms with E-state index >= 15 is 0 Å². The standard InChI is InChI=1S/C22H38O2/c1-14-17-12-15(19(14)21(2,3)4)13-18(17)20(23)24-22(5,6)16-10-8-7-9-11-16/h14-19H,7-13H2,1-6H3. The van der Waals surface area contributed by atoms with Gasteiger partial charge in [0, 0.05) is 0 Å². The normalized spacial score (nSPS) is 37.7. The number of hydrogen-bond donors (Lipinski definition) is 0. The van der Waals surface area contributed by atoms with Crippen LogP contribution < -0.4 is 0 Å². The first-order valence-corrected chi connectivity index (χ1v) is 10.3. The first-order chi connectivity index (χ1) is 11.1. The van der Waals surface area contributed by atoms with Crippen molar-refractivity contribution in [1.29, 1.82) is 0 Å². The molecular weight excluding hydrogens is 296 g/mol. The molecule has 2 heteroatoms. The van der Waals surface area contributed by atoms with Crippen LogP contribution in [0, 0.1) is 40.9 Å². The molecule has 0 aliphatic heterocycles. The van der Waals surface area contributed by atoms with Crippen LogP contribution in [-0.2, 0) is 9.53 Å². The van der Waals surface area contributed by atoms with E-state index in [1.807, 2.05) is 0 Å². The van der Waals surface area contributed by atoms with Crippen LogP contribution in [0.25, 0.3) is 0 Å². The number of carbonyl (C=O) groups is 1. The summed E-state index contributed by atoms with van der Waals surface area (Å²) in [6.07, 6.45) is 8.69. The number of ether oxygens (including phenoxy) is 1. The van der Waals surface area contributed by atoms with Crippen molar-refractivity contribution in [3.05, 3.63) is 0 Å². The van der Waals surface area contributed by atoms with Crippen molar-refractivity contribution in [1.82, 2.24) is 0 Å². The minimum absolute atomic E-state index is 0.109. The smallest absolute Gasteiger partial charge is 0.309 e. The molecule has 0 aromatic carbocycles. The van der Waals surface area contributed by atoms with Crippen LogP contribution in [0.2, 0.25) is 0 Å². The molecule has 138 valence electrons. The van der Waals surface area contributed by atoms with Crippen molar-refractivity contribution in [3.63, 3.8) is 0 Å². The van der Waals surface area contributed by atoms with Crippen molar-refractivity contribution >= 4 is 5.97 Å². The fourth-order valence-electron chi connectivity index (χ4n) is 6.66. The molecule has 0 aromatic rings. The average molecular weight is 335 g/mol. The maximum atomic E-state index is 13.0. The molecule has 0 amide bonds. The van der Waals surface area contributed by atoms with E-state index in [0.29, 0.717) is 23.2 Å². The third-order valence-electron chi connectivity index (χ3n) is 7.65. The van der Waals surface area contributed by atoms with Gasteiger partial charge in [-0.15, -0.1) is 0 Å². The number of rotatable bonds is 3. The van der Waals surface area contributed by atoms with Crippen molar-refractivity contribution in [2.24, 2.45) is 40.9 Å². The molecule has 0 spiro atoms. The molecular formula is C22H38O2. The lowest BCUT2D eigenvalue weighted by Gasteiger charge is -2.42. The minimum atomic E-state index is -0.286. The monoisotopic (exact) mass is 334 g/mol. The molecule has 0 N–H and O–H groups in total. The Balaban J connectivity index is 1.63. The summed E-state index contributed by atoms with van der Waals surface area (Å²) in [5, 5.41) is 0. The highest BCUT2D eigenvalue weighted by atomic mass is 16.6. The Morgan fingerprint density at radius 1 is 0.958 bits per heavy atom. The maximum absolute atomic E-state index is 13.0. The molecule has 0 radical (unpaired) electrons. The van der Waals surface area contributed by atoms with Gasteiger partial charge in [0.1, 0.15) is 5.60 Å². The Bertz CT molecular complexity index is 465. The first kappa shape index (κ1) is 18.3. The summed E-state index contributed by atoms with van der Waals surface area (Å²) in [6, 6.07) is 0. The molecule has 0 saturated heterocycles. The molecule has 2 bridgehead atoms. The van der Waals surface area contributed by atoms with E-state index in [1.165, 1.54) is 38.5 Å². The van der Waals surface area contributed by atoms with Gasteiger partial charge in [0.05, 0.1) is 5.92 Å². The number of hydrogen-bond acceptors (Lipinski definition) is 2.